The van der Waals surface area contributed by atoms with Gasteiger partial charge in [-0.3, -0.25) is 0 Å². The quantitative estimate of drug-likeness (QED) is 0.862. The van der Waals surface area contributed by atoms with Gasteiger partial charge in [0.25, 0.3) is 0 Å². The zero-order valence-corrected chi connectivity index (χ0v) is 11.9. The minimum atomic E-state index is 0.450. The van der Waals surface area contributed by atoms with Crippen molar-refractivity contribution in [2.24, 2.45) is 5.92 Å². The highest BCUT2D eigenvalue weighted by Crippen LogP contribution is 2.28. The number of thiazole rings is 1. The van der Waals surface area contributed by atoms with Gasteiger partial charge in [-0.05, 0) is 37.5 Å². The highest BCUT2D eigenvalue weighted by atomic mass is 35.5. The number of fused-ring (bicyclic) bond motifs is 1. The van der Waals surface area contributed by atoms with E-state index in [1.54, 1.807) is 11.3 Å². The van der Waals surface area contributed by atoms with Crippen molar-refractivity contribution in [1.29, 1.82) is 0 Å². The van der Waals surface area contributed by atoms with Crippen molar-refractivity contribution < 1.29 is 0 Å². The molecule has 0 radical (unpaired) electrons. The van der Waals surface area contributed by atoms with Crippen molar-refractivity contribution >= 4 is 38.3 Å². The maximum atomic E-state index is 5.95. The van der Waals surface area contributed by atoms with Crippen LogP contribution in [0.15, 0.2) is 18.2 Å². The molecule has 2 aromatic rings. The van der Waals surface area contributed by atoms with Crippen LogP contribution in [-0.2, 0) is 0 Å². The lowest BCUT2D eigenvalue weighted by Gasteiger charge is -2.14. The molecule has 1 aromatic carbocycles. The lowest BCUT2D eigenvalue weighted by Crippen LogP contribution is -2.17. The molecule has 2 rings (SSSR count). The third kappa shape index (κ3) is 3.33. The molecule has 17 heavy (non-hydrogen) atoms. The van der Waals surface area contributed by atoms with Gasteiger partial charge in [-0.15, -0.1) is 0 Å². The van der Waals surface area contributed by atoms with Crippen molar-refractivity contribution in [1.82, 2.24) is 4.98 Å². The second-order valence-corrected chi connectivity index (χ2v) is 6.27. The SMILES string of the molecule is CC(C)CC(C)Nc1nc2cc(Cl)ccc2s1. The fraction of sp³-hybridized carbons (Fsp3) is 0.462. The fourth-order valence-electron chi connectivity index (χ4n) is 1.94. The molecule has 0 saturated carbocycles. The summed E-state index contributed by atoms with van der Waals surface area (Å²) in [5, 5.41) is 5.17. The normalized spacial score (nSPS) is 13.2. The van der Waals surface area contributed by atoms with Gasteiger partial charge in [-0.2, -0.15) is 0 Å². The number of nitrogens with one attached hydrogen (secondary N) is 1. The number of aromatic nitrogens is 1. The van der Waals surface area contributed by atoms with Gasteiger partial charge in [0, 0.05) is 11.1 Å². The lowest BCUT2D eigenvalue weighted by molar-refractivity contribution is 0.539. The van der Waals surface area contributed by atoms with E-state index in [0.717, 1.165) is 22.1 Å². The minimum Gasteiger partial charge on any atom is -0.359 e. The third-order valence-corrected chi connectivity index (χ3v) is 3.75. The highest BCUT2D eigenvalue weighted by molar-refractivity contribution is 7.22. The molecule has 4 heteroatoms. The van der Waals surface area contributed by atoms with E-state index in [2.05, 4.69) is 31.1 Å². The van der Waals surface area contributed by atoms with Crippen molar-refractivity contribution in [2.45, 2.75) is 33.2 Å². The van der Waals surface area contributed by atoms with E-state index in [4.69, 9.17) is 11.6 Å². The zero-order chi connectivity index (χ0) is 12.4. The first-order chi connectivity index (χ1) is 8.04. The largest absolute Gasteiger partial charge is 0.359 e. The van der Waals surface area contributed by atoms with Crippen LogP contribution in [0.25, 0.3) is 10.2 Å². The van der Waals surface area contributed by atoms with E-state index in [-0.39, 0.29) is 0 Å². The van der Waals surface area contributed by atoms with Crippen molar-refractivity contribution in [3.05, 3.63) is 23.2 Å². The standard InChI is InChI=1S/C13H17ClN2S/c1-8(2)6-9(3)15-13-16-11-7-10(14)4-5-12(11)17-13/h4-5,7-9H,6H2,1-3H3,(H,15,16). The molecule has 0 aliphatic carbocycles. The van der Waals surface area contributed by atoms with E-state index in [9.17, 15) is 0 Å². The molecule has 0 amide bonds. The lowest BCUT2D eigenvalue weighted by atomic mass is 10.1. The number of hydrogen-bond acceptors (Lipinski definition) is 3. The Morgan fingerprint density at radius 3 is 2.82 bits per heavy atom. The van der Waals surface area contributed by atoms with Crippen LogP contribution >= 0.6 is 22.9 Å². The number of rotatable bonds is 4. The van der Waals surface area contributed by atoms with E-state index < -0.39 is 0 Å². The van der Waals surface area contributed by atoms with Gasteiger partial charge < -0.3 is 5.32 Å². The molecule has 0 aliphatic heterocycles. The van der Waals surface area contributed by atoms with Gasteiger partial charge >= 0.3 is 0 Å². The van der Waals surface area contributed by atoms with Crippen LogP contribution in [0.1, 0.15) is 27.2 Å². The summed E-state index contributed by atoms with van der Waals surface area (Å²) in [5.74, 6) is 0.696. The number of anilines is 1. The van der Waals surface area contributed by atoms with Gasteiger partial charge in [0.05, 0.1) is 10.2 Å². The molecule has 2 nitrogen and oxygen atoms in total. The number of halogens is 1. The molecule has 92 valence electrons. The molecule has 1 heterocycles. The molecular weight excluding hydrogens is 252 g/mol. The Hall–Kier alpha value is -0.800. The zero-order valence-electron chi connectivity index (χ0n) is 10.3. The van der Waals surface area contributed by atoms with Crippen LogP contribution in [0.2, 0.25) is 5.02 Å². The summed E-state index contributed by atoms with van der Waals surface area (Å²) in [6, 6.07) is 6.29. The second kappa shape index (κ2) is 5.23. The van der Waals surface area contributed by atoms with Gasteiger partial charge in [0.15, 0.2) is 5.13 Å². The summed E-state index contributed by atoms with van der Waals surface area (Å²) in [6.45, 7) is 6.66. The van der Waals surface area contributed by atoms with Crippen LogP contribution in [0.5, 0.6) is 0 Å². The molecule has 0 saturated heterocycles. The summed E-state index contributed by atoms with van der Waals surface area (Å²) in [7, 11) is 0. The topological polar surface area (TPSA) is 24.9 Å². The minimum absolute atomic E-state index is 0.450. The van der Waals surface area contributed by atoms with Crippen molar-refractivity contribution in [3.63, 3.8) is 0 Å². The number of benzene rings is 1. The fourth-order valence-corrected chi connectivity index (χ4v) is 3.06. The van der Waals surface area contributed by atoms with Gasteiger partial charge in [0.2, 0.25) is 0 Å². The van der Waals surface area contributed by atoms with Crippen molar-refractivity contribution in [2.75, 3.05) is 5.32 Å². The Bertz CT molecular complexity index is 507. The summed E-state index contributed by atoms with van der Waals surface area (Å²) in [5.41, 5.74) is 0.974. The first-order valence-electron chi connectivity index (χ1n) is 5.87. The van der Waals surface area contributed by atoms with E-state index >= 15 is 0 Å². The van der Waals surface area contributed by atoms with Crippen LogP contribution in [0, 0.1) is 5.92 Å². The number of nitrogens with zero attached hydrogens (tertiary/aromatic N) is 1. The van der Waals surface area contributed by atoms with Crippen LogP contribution in [0.3, 0.4) is 0 Å². The molecule has 1 unspecified atom stereocenters. The Kier molecular flexibility index (Phi) is 3.89. The van der Waals surface area contributed by atoms with E-state index in [1.807, 2.05) is 18.2 Å². The summed E-state index contributed by atoms with van der Waals surface area (Å²) >= 11 is 7.63. The molecule has 0 aliphatic rings. The Morgan fingerprint density at radius 2 is 2.12 bits per heavy atom. The van der Waals surface area contributed by atoms with Crippen LogP contribution < -0.4 is 5.32 Å². The first-order valence-corrected chi connectivity index (χ1v) is 7.06. The molecule has 1 atom stereocenters. The van der Waals surface area contributed by atoms with Crippen LogP contribution in [-0.4, -0.2) is 11.0 Å². The van der Waals surface area contributed by atoms with Gasteiger partial charge in [-0.25, -0.2) is 4.98 Å². The number of hydrogen-bond donors (Lipinski definition) is 1. The first kappa shape index (κ1) is 12.7. The summed E-state index contributed by atoms with van der Waals surface area (Å²) in [4.78, 5) is 4.54. The Balaban J connectivity index is 2.14. The second-order valence-electron chi connectivity index (χ2n) is 4.81. The average molecular weight is 269 g/mol. The smallest absolute Gasteiger partial charge is 0.183 e. The van der Waals surface area contributed by atoms with Gasteiger partial charge in [-0.1, -0.05) is 36.8 Å². The predicted molar refractivity (Wildman–Crippen MR) is 77.2 cm³/mol. The van der Waals surface area contributed by atoms with Gasteiger partial charge in [0.1, 0.15) is 0 Å². The molecule has 0 fully saturated rings. The summed E-state index contributed by atoms with van der Waals surface area (Å²) < 4.78 is 1.17. The van der Waals surface area contributed by atoms with E-state index in [0.29, 0.717) is 12.0 Å². The maximum absolute atomic E-state index is 5.95. The summed E-state index contributed by atoms with van der Waals surface area (Å²) in [6.07, 6.45) is 1.15. The molecule has 1 N–H and O–H groups in total. The molecule has 1 aromatic heterocycles. The Morgan fingerprint density at radius 1 is 1.35 bits per heavy atom. The molecule has 0 spiro atoms. The van der Waals surface area contributed by atoms with E-state index in [1.165, 1.54) is 4.70 Å². The maximum Gasteiger partial charge on any atom is 0.183 e. The predicted octanol–water partition coefficient (Wildman–Crippen LogP) is 4.80. The third-order valence-electron chi connectivity index (χ3n) is 2.54. The Labute approximate surface area is 111 Å². The van der Waals surface area contributed by atoms with Crippen molar-refractivity contribution in [3.8, 4) is 0 Å². The average Bonchev–Trinajstić information content (AvgIpc) is 2.57. The monoisotopic (exact) mass is 268 g/mol. The molecule has 0 bridgehead atoms. The highest BCUT2D eigenvalue weighted by Gasteiger charge is 2.08. The van der Waals surface area contributed by atoms with Crippen LogP contribution in [0.4, 0.5) is 5.13 Å². The molecular formula is C13H17ClN2S.